The minimum atomic E-state index is -1.30. The molecule has 0 spiro atoms. The normalized spacial score (nSPS) is 10.4. The predicted molar refractivity (Wildman–Crippen MR) is 71.0 cm³/mol. The van der Waals surface area contributed by atoms with Gasteiger partial charge in [0.25, 0.3) is 0 Å². The second kappa shape index (κ2) is 5.20. The maximum Gasteiger partial charge on any atom is 0.339 e. The van der Waals surface area contributed by atoms with Crippen molar-refractivity contribution >= 4 is 17.6 Å². The van der Waals surface area contributed by atoms with Crippen LogP contribution in [0.15, 0.2) is 36.4 Å². The van der Waals surface area contributed by atoms with Gasteiger partial charge in [-0.25, -0.2) is 4.79 Å². The van der Waals surface area contributed by atoms with E-state index in [1.54, 1.807) is 12.1 Å². The number of rotatable bonds is 3. The molecule has 4 nitrogen and oxygen atoms in total. The number of carboxylic acids is 1. The van der Waals surface area contributed by atoms with Crippen LogP contribution in [0.1, 0.15) is 21.5 Å². The molecule has 0 unspecified atom stereocenters. The fraction of sp³-hybridized carbons (Fsp3) is 0.0714. The van der Waals surface area contributed by atoms with Gasteiger partial charge in [-0.3, -0.25) is 0 Å². The van der Waals surface area contributed by atoms with Crippen LogP contribution in [0, 0.1) is 0 Å². The zero-order chi connectivity index (χ0) is 14.0. The van der Waals surface area contributed by atoms with Crippen molar-refractivity contribution in [3.63, 3.8) is 0 Å². The Labute approximate surface area is 114 Å². The smallest absolute Gasteiger partial charge is 0.339 e. The summed E-state index contributed by atoms with van der Waals surface area (Å²) >= 11 is 5.78. The van der Waals surface area contributed by atoms with Gasteiger partial charge in [-0.05, 0) is 11.6 Å². The molecule has 3 N–H and O–H groups in total. The van der Waals surface area contributed by atoms with Crippen molar-refractivity contribution < 1.29 is 20.1 Å². The summed E-state index contributed by atoms with van der Waals surface area (Å²) in [5.41, 5.74) is 0.608. The third kappa shape index (κ3) is 2.63. The Morgan fingerprint density at radius 2 is 1.74 bits per heavy atom. The molecule has 0 fully saturated rings. The predicted octanol–water partition coefficient (Wildman–Crippen LogP) is 3.04. The highest BCUT2D eigenvalue weighted by Crippen LogP contribution is 2.38. The molecule has 5 heteroatoms. The third-order valence-corrected chi connectivity index (χ3v) is 3.07. The van der Waals surface area contributed by atoms with Crippen molar-refractivity contribution in [2.75, 3.05) is 0 Å². The van der Waals surface area contributed by atoms with Gasteiger partial charge in [0.05, 0.1) is 5.02 Å². The van der Waals surface area contributed by atoms with Crippen LogP contribution in [-0.2, 0) is 6.42 Å². The van der Waals surface area contributed by atoms with Crippen LogP contribution in [0.4, 0.5) is 0 Å². The molecule has 2 aromatic rings. The molecule has 0 amide bonds. The van der Waals surface area contributed by atoms with E-state index in [0.717, 1.165) is 11.6 Å². The fourth-order valence-electron chi connectivity index (χ4n) is 1.81. The molecule has 0 saturated heterocycles. The molecule has 0 bridgehead atoms. The van der Waals surface area contributed by atoms with E-state index in [-0.39, 0.29) is 28.3 Å². The van der Waals surface area contributed by atoms with E-state index in [1.165, 1.54) is 0 Å². The van der Waals surface area contributed by atoms with E-state index in [9.17, 15) is 15.0 Å². The minimum absolute atomic E-state index is 0.0962. The molecular formula is C14H11ClO4. The molecule has 0 radical (unpaired) electrons. The monoisotopic (exact) mass is 278 g/mol. The molecule has 19 heavy (non-hydrogen) atoms. The first kappa shape index (κ1) is 13.2. The zero-order valence-electron chi connectivity index (χ0n) is 9.80. The van der Waals surface area contributed by atoms with Crippen molar-refractivity contribution in [3.05, 3.63) is 58.1 Å². The standard InChI is InChI=1S/C14H11ClO4/c15-11-7-10(14(18)19)12(16)9(13(11)17)6-8-4-2-1-3-5-8/h1-5,7,16-17H,6H2,(H,18,19). The number of benzene rings is 2. The maximum atomic E-state index is 11.0. The van der Waals surface area contributed by atoms with Gasteiger partial charge in [0.2, 0.25) is 0 Å². The van der Waals surface area contributed by atoms with Gasteiger partial charge in [0, 0.05) is 12.0 Å². The highest BCUT2D eigenvalue weighted by molar-refractivity contribution is 6.32. The lowest BCUT2D eigenvalue weighted by Gasteiger charge is -2.11. The Balaban J connectivity index is 2.53. The number of hydrogen-bond acceptors (Lipinski definition) is 3. The molecule has 0 aliphatic rings. The van der Waals surface area contributed by atoms with E-state index in [2.05, 4.69) is 0 Å². The van der Waals surface area contributed by atoms with E-state index >= 15 is 0 Å². The first-order chi connectivity index (χ1) is 9.00. The number of hydrogen-bond donors (Lipinski definition) is 3. The summed E-state index contributed by atoms with van der Waals surface area (Å²) in [4.78, 5) is 11.0. The molecule has 0 aliphatic heterocycles. The van der Waals surface area contributed by atoms with Gasteiger partial charge in [0.1, 0.15) is 17.1 Å². The molecule has 0 aromatic heterocycles. The van der Waals surface area contributed by atoms with Crippen molar-refractivity contribution in [2.24, 2.45) is 0 Å². The van der Waals surface area contributed by atoms with Gasteiger partial charge < -0.3 is 15.3 Å². The van der Waals surface area contributed by atoms with Gasteiger partial charge >= 0.3 is 5.97 Å². The second-order valence-electron chi connectivity index (χ2n) is 4.05. The largest absolute Gasteiger partial charge is 0.507 e. The first-order valence-corrected chi connectivity index (χ1v) is 5.89. The number of phenolic OH excluding ortho intramolecular Hbond substituents is 1. The summed E-state index contributed by atoms with van der Waals surface area (Å²) in [6, 6.07) is 10.1. The maximum absolute atomic E-state index is 11.0. The van der Waals surface area contributed by atoms with E-state index in [4.69, 9.17) is 16.7 Å². The Morgan fingerprint density at radius 1 is 1.11 bits per heavy atom. The molecule has 0 aliphatic carbocycles. The quantitative estimate of drug-likeness (QED) is 0.806. The summed E-state index contributed by atoms with van der Waals surface area (Å²) in [6.07, 6.45) is 0.194. The summed E-state index contributed by atoms with van der Waals surface area (Å²) < 4.78 is 0. The zero-order valence-corrected chi connectivity index (χ0v) is 10.6. The molecule has 0 heterocycles. The number of phenols is 2. The lowest BCUT2D eigenvalue weighted by atomic mass is 10.00. The van der Waals surface area contributed by atoms with Crippen LogP contribution in [-0.4, -0.2) is 21.3 Å². The van der Waals surface area contributed by atoms with Crippen LogP contribution in [0.25, 0.3) is 0 Å². The average Bonchev–Trinajstić information content (AvgIpc) is 2.40. The Hall–Kier alpha value is -2.20. The lowest BCUT2D eigenvalue weighted by Crippen LogP contribution is -2.01. The highest BCUT2D eigenvalue weighted by atomic mass is 35.5. The van der Waals surface area contributed by atoms with Crippen LogP contribution in [0.2, 0.25) is 5.02 Å². The van der Waals surface area contributed by atoms with Gasteiger partial charge in [-0.1, -0.05) is 41.9 Å². The van der Waals surface area contributed by atoms with Crippen LogP contribution >= 0.6 is 11.6 Å². The molecular weight excluding hydrogens is 268 g/mol. The Kier molecular flexibility index (Phi) is 3.62. The van der Waals surface area contributed by atoms with E-state index in [1.807, 2.05) is 18.2 Å². The SMILES string of the molecule is O=C(O)c1cc(Cl)c(O)c(Cc2ccccc2)c1O. The van der Waals surface area contributed by atoms with Crippen molar-refractivity contribution in [3.8, 4) is 11.5 Å². The number of halogens is 1. The van der Waals surface area contributed by atoms with Crippen molar-refractivity contribution in [1.82, 2.24) is 0 Å². The van der Waals surface area contributed by atoms with Crippen molar-refractivity contribution in [1.29, 1.82) is 0 Å². The third-order valence-electron chi connectivity index (χ3n) is 2.78. The summed E-state index contributed by atoms with van der Waals surface area (Å²) in [5.74, 6) is -2.06. The van der Waals surface area contributed by atoms with Gasteiger partial charge in [-0.2, -0.15) is 0 Å². The van der Waals surface area contributed by atoms with E-state index in [0.29, 0.717) is 0 Å². The molecule has 2 aromatic carbocycles. The summed E-state index contributed by atoms with van der Waals surface area (Å²) in [7, 11) is 0. The summed E-state index contributed by atoms with van der Waals surface area (Å²) in [5, 5.41) is 28.7. The minimum Gasteiger partial charge on any atom is -0.507 e. The second-order valence-corrected chi connectivity index (χ2v) is 4.46. The lowest BCUT2D eigenvalue weighted by molar-refractivity contribution is 0.0693. The van der Waals surface area contributed by atoms with Crippen LogP contribution < -0.4 is 0 Å². The molecule has 2 rings (SSSR count). The number of aromatic hydroxyl groups is 2. The average molecular weight is 279 g/mol. The van der Waals surface area contributed by atoms with Gasteiger partial charge in [-0.15, -0.1) is 0 Å². The Morgan fingerprint density at radius 3 is 2.32 bits per heavy atom. The van der Waals surface area contributed by atoms with Crippen LogP contribution in [0.5, 0.6) is 11.5 Å². The molecule has 0 atom stereocenters. The number of carboxylic acid groups (broad SMARTS) is 1. The Bertz CT molecular complexity index is 623. The van der Waals surface area contributed by atoms with Crippen LogP contribution in [0.3, 0.4) is 0 Å². The highest BCUT2D eigenvalue weighted by Gasteiger charge is 2.20. The first-order valence-electron chi connectivity index (χ1n) is 5.51. The fourth-order valence-corrected chi connectivity index (χ4v) is 2.04. The summed E-state index contributed by atoms with van der Waals surface area (Å²) in [6.45, 7) is 0. The molecule has 98 valence electrons. The van der Waals surface area contributed by atoms with Crippen molar-refractivity contribution in [2.45, 2.75) is 6.42 Å². The number of aromatic carboxylic acids is 1. The van der Waals surface area contributed by atoms with Gasteiger partial charge in [0.15, 0.2) is 0 Å². The van der Waals surface area contributed by atoms with E-state index < -0.39 is 11.7 Å². The molecule has 0 saturated carbocycles. The number of carbonyl (C=O) groups is 1. The topological polar surface area (TPSA) is 77.8 Å².